The lowest BCUT2D eigenvalue weighted by molar-refractivity contribution is -0.121. The summed E-state index contributed by atoms with van der Waals surface area (Å²) in [5.74, 6) is -0.321. The van der Waals surface area contributed by atoms with Gasteiger partial charge in [0.2, 0.25) is 5.91 Å². The Bertz CT molecular complexity index is 678. The van der Waals surface area contributed by atoms with Crippen molar-refractivity contribution in [2.24, 2.45) is 0 Å². The van der Waals surface area contributed by atoms with E-state index in [1.54, 1.807) is 22.8 Å². The third-order valence-electron chi connectivity index (χ3n) is 2.87. The number of carbonyl (C=O) groups is 1. The van der Waals surface area contributed by atoms with Crippen LogP contribution in [0.3, 0.4) is 0 Å². The van der Waals surface area contributed by atoms with Crippen molar-refractivity contribution in [2.75, 3.05) is 13.6 Å². The maximum absolute atomic E-state index is 12.2. The van der Waals surface area contributed by atoms with Gasteiger partial charge in [0.1, 0.15) is 4.21 Å². The fourth-order valence-corrected chi connectivity index (χ4v) is 4.81. The zero-order valence-electron chi connectivity index (χ0n) is 11.6. The molecule has 1 amide bonds. The van der Waals surface area contributed by atoms with E-state index in [2.05, 4.69) is 5.32 Å². The molecule has 114 valence electrons. The summed E-state index contributed by atoms with van der Waals surface area (Å²) in [6, 6.07) is 6.92. The quantitative estimate of drug-likeness (QED) is 0.874. The van der Waals surface area contributed by atoms with Crippen LogP contribution in [0.25, 0.3) is 0 Å². The predicted molar refractivity (Wildman–Crippen MR) is 85.0 cm³/mol. The Morgan fingerprint density at radius 1 is 1.29 bits per heavy atom. The molecule has 0 fully saturated rings. The summed E-state index contributed by atoms with van der Waals surface area (Å²) < 4.78 is 25.7. The predicted octanol–water partition coefficient (Wildman–Crippen LogP) is 2.31. The molecule has 0 aliphatic carbocycles. The summed E-state index contributed by atoms with van der Waals surface area (Å²) in [6.45, 7) is 1.67. The molecule has 8 heteroatoms. The van der Waals surface area contributed by atoms with Gasteiger partial charge in [-0.2, -0.15) is 4.31 Å². The molecular weight excluding hydrogens is 328 g/mol. The minimum Gasteiger partial charge on any atom is -0.348 e. The first-order chi connectivity index (χ1) is 9.91. The molecule has 0 aliphatic heterocycles. The summed E-state index contributed by atoms with van der Waals surface area (Å²) in [7, 11) is -2.18. The molecule has 0 saturated carbocycles. The van der Waals surface area contributed by atoms with Crippen molar-refractivity contribution in [1.29, 1.82) is 0 Å². The molecule has 21 heavy (non-hydrogen) atoms. The lowest BCUT2D eigenvalue weighted by Crippen LogP contribution is -2.38. The first kappa shape index (κ1) is 16.2. The Labute approximate surface area is 132 Å². The Morgan fingerprint density at radius 3 is 2.52 bits per heavy atom. The van der Waals surface area contributed by atoms with Crippen LogP contribution in [0.4, 0.5) is 0 Å². The van der Waals surface area contributed by atoms with E-state index in [0.717, 1.165) is 20.5 Å². The van der Waals surface area contributed by atoms with E-state index >= 15 is 0 Å². The van der Waals surface area contributed by atoms with E-state index in [1.165, 1.54) is 13.1 Å². The van der Waals surface area contributed by atoms with Crippen LogP contribution in [-0.4, -0.2) is 32.2 Å². The lowest BCUT2D eigenvalue weighted by atomic mass is 10.3. The maximum atomic E-state index is 12.2. The van der Waals surface area contributed by atoms with Crippen LogP contribution in [0.1, 0.15) is 17.8 Å². The van der Waals surface area contributed by atoms with Crippen molar-refractivity contribution in [1.82, 2.24) is 9.62 Å². The average Bonchev–Trinajstić information content (AvgIpc) is 3.12. The normalized spacial score (nSPS) is 13.3. The number of amides is 1. The lowest BCUT2D eigenvalue weighted by Gasteiger charge is -2.18. The van der Waals surface area contributed by atoms with Crippen molar-refractivity contribution >= 4 is 38.6 Å². The third-order valence-corrected chi connectivity index (χ3v) is 7.10. The summed E-state index contributed by atoms with van der Waals surface area (Å²) in [5, 5.41) is 6.43. The molecule has 2 aromatic heterocycles. The van der Waals surface area contributed by atoms with Crippen LogP contribution in [0.15, 0.2) is 39.2 Å². The van der Waals surface area contributed by atoms with Gasteiger partial charge in [0.15, 0.2) is 0 Å². The van der Waals surface area contributed by atoms with Crippen molar-refractivity contribution in [3.63, 3.8) is 0 Å². The third kappa shape index (κ3) is 3.91. The molecule has 0 radical (unpaired) electrons. The number of carbonyl (C=O) groups excluding carboxylic acids is 1. The average molecular weight is 344 g/mol. The van der Waals surface area contributed by atoms with Crippen LogP contribution in [0.2, 0.25) is 0 Å². The smallest absolute Gasteiger partial charge is 0.252 e. The van der Waals surface area contributed by atoms with Crippen LogP contribution in [-0.2, 0) is 14.8 Å². The maximum Gasteiger partial charge on any atom is 0.252 e. The van der Waals surface area contributed by atoms with Crippen molar-refractivity contribution in [3.05, 3.63) is 39.9 Å². The van der Waals surface area contributed by atoms with Gasteiger partial charge in [-0.15, -0.1) is 22.7 Å². The summed E-state index contributed by atoms with van der Waals surface area (Å²) >= 11 is 2.69. The molecule has 1 atom stereocenters. The van der Waals surface area contributed by atoms with Crippen LogP contribution < -0.4 is 5.32 Å². The van der Waals surface area contributed by atoms with Gasteiger partial charge in [-0.25, -0.2) is 8.42 Å². The highest BCUT2D eigenvalue weighted by Crippen LogP contribution is 2.20. The molecule has 2 rings (SSSR count). The van der Waals surface area contributed by atoms with Crippen molar-refractivity contribution < 1.29 is 13.2 Å². The number of nitrogens with one attached hydrogen (secondary N) is 1. The number of rotatable bonds is 6. The number of likely N-dealkylation sites (N-methyl/N-ethyl adjacent to an activating group) is 1. The largest absolute Gasteiger partial charge is 0.348 e. The van der Waals surface area contributed by atoms with E-state index in [0.29, 0.717) is 0 Å². The Morgan fingerprint density at radius 2 is 1.95 bits per heavy atom. The minimum absolute atomic E-state index is 0.129. The number of thiophene rings is 2. The molecule has 0 unspecified atom stereocenters. The first-order valence-electron chi connectivity index (χ1n) is 6.24. The Balaban J connectivity index is 1.96. The second-order valence-electron chi connectivity index (χ2n) is 4.50. The highest BCUT2D eigenvalue weighted by molar-refractivity contribution is 7.91. The number of hydrogen-bond acceptors (Lipinski definition) is 5. The number of hydrogen-bond donors (Lipinski definition) is 1. The van der Waals surface area contributed by atoms with E-state index in [1.807, 2.05) is 24.4 Å². The van der Waals surface area contributed by atoms with Crippen LogP contribution >= 0.6 is 22.7 Å². The van der Waals surface area contributed by atoms with E-state index in [9.17, 15) is 13.2 Å². The zero-order valence-corrected chi connectivity index (χ0v) is 14.1. The van der Waals surface area contributed by atoms with E-state index < -0.39 is 10.0 Å². The van der Waals surface area contributed by atoms with Gasteiger partial charge < -0.3 is 5.32 Å². The molecule has 0 spiro atoms. The van der Waals surface area contributed by atoms with Gasteiger partial charge in [0.05, 0.1) is 12.6 Å². The first-order valence-corrected chi connectivity index (χ1v) is 9.44. The summed E-state index contributed by atoms with van der Waals surface area (Å²) in [4.78, 5) is 13.0. The molecule has 0 saturated heterocycles. The van der Waals surface area contributed by atoms with Gasteiger partial charge in [-0.1, -0.05) is 12.1 Å². The fraction of sp³-hybridized carbons (Fsp3) is 0.308. The molecule has 5 nitrogen and oxygen atoms in total. The van der Waals surface area contributed by atoms with E-state index in [-0.39, 0.29) is 22.7 Å². The molecule has 1 N–H and O–H groups in total. The van der Waals surface area contributed by atoms with Crippen LogP contribution in [0.5, 0.6) is 0 Å². The van der Waals surface area contributed by atoms with E-state index in [4.69, 9.17) is 0 Å². The van der Waals surface area contributed by atoms with Gasteiger partial charge >= 0.3 is 0 Å². The second-order valence-corrected chi connectivity index (χ2v) is 8.70. The standard InChI is InChI=1S/C13H16N2O3S3/c1-10(11-5-3-7-19-11)14-12(16)9-15(2)21(17,18)13-6-4-8-20-13/h3-8,10H,9H2,1-2H3,(H,14,16)/t10-/m0/s1. The SMILES string of the molecule is C[C@H](NC(=O)CN(C)S(=O)(=O)c1cccs1)c1cccs1. The van der Waals surface area contributed by atoms with Gasteiger partial charge in [-0.3, -0.25) is 4.79 Å². The zero-order chi connectivity index (χ0) is 15.5. The van der Waals surface area contributed by atoms with Gasteiger partial charge in [0.25, 0.3) is 10.0 Å². The Kier molecular flexibility index (Phi) is 5.15. The number of sulfonamides is 1. The fourth-order valence-electron chi connectivity index (χ4n) is 1.75. The molecule has 0 aromatic carbocycles. The second kappa shape index (κ2) is 6.69. The highest BCUT2D eigenvalue weighted by Gasteiger charge is 2.24. The molecule has 0 bridgehead atoms. The van der Waals surface area contributed by atoms with Crippen molar-refractivity contribution in [2.45, 2.75) is 17.2 Å². The molecule has 0 aliphatic rings. The molecule has 2 aromatic rings. The molecule has 2 heterocycles. The monoisotopic (exact) mass is 344 g/mol. The molecular formula is C13H16N2O3S3. The van der Waals surface area contributed by atoms with Crippen molar-refractivity contribution in [3.8, 4) is 0 Å². The number of nitrogens with zero attached hydrogens (tertiary/aromatic N) is 1. The van der Waals surface area contributed by atoms with Gasteiger partial charge in [0, 0.05) is 11.9 Å². The summed E-state index contributed by atoms with van der Waals surface area (Å²) in [5.41, 5.74) is 0. The Hall–Kier alpha value is -1.22. The topological polar surface area (TPSA) is 66.5 Å². The minimum atomic E-state index is -3.59. The summed E-state index contributed by atoms with van der Waals surface area (Å²) in [6.07, 6.45) is 0. The van der Waals surface area contributed by atoms with Crippen LogP contribution in [0, 0.1) is 0 Å². The van der Waals surface area contributed by atoms with Gasteiger partial charge in [-0.05, 0) is 29.8 Å². The highest BCUT2D eigenvalue weighted by atomic mass is 32.2.